The molecule has 1 heterocycles. The Balaban J connectivity index is 1.58. The predicted octanol–water partition coefficient (Wildman–Crippen LogP) is 3.76. The van der Waals surface area contributed by atoms with Crippen molar-refractivity contribution in [2.24, 2.45) is 0 Å². The number of hydrogen-bond acceptors (Lipinski definition) is 4. The van der Waals surface area contributed by atoms with Gasteiger partial charge in [-0.05, 0) is 60.9 Å². The van der Waals surface area contributed by atoms with Crippen molar-refractivity contribution >= 4 is 35.0 Å². The van der Waals surface area contributed by atoms with Crippen molar-refractivity contribution in [1.82, 2.24) is 0 Å². The van der Waals surface area contributed by atoms with Gasteiger partial charge in [-0.25, -0.2) is 0 Å². The van der Waals surface area contributed by atoms with E-state index in [0.717, 1.165) is 25.1 Å². The molecule has 0 radical (unpaired) electrons. The summed E-state index contributed by atoms with van der Waals surface area (Å²) in [6.07, 6.45) is 5.46. The number of nitrogens with one attached hydrogen (secondary N) is 1. The molecule has 0 aliphatic carbocycles. The van der Waals surface area contributed by atoms with Gasteiger partial charge in [-0.15, -0.1) is 0 Å². The molecular formula is C20H19N3O4. The monoisotopic (exact) mass is 365 g/mol. The summed E-state index contributed by atoms with van der Waals surface area (Å²) >= 11 is 0. The maximum atomic E-state index is 12.0. The van der Waals surface area contributed by atoms with Gasteiger partial charge in [0.1, 0.15) is 0 Å². The number of amides is 2. The highest BCUT2D eigenvalue weighted by Gasteiger charge is 2.19. The van der Waals surface area contributed by atoms with Gasteiger partial charge >= 0.3 is 0 Å². The van der Waals surface area contributed by atoms with Crippen LogP contribution in [0.25, 0.3) is 6.08 Å². The van der Waals surface area contributed by atoms with E-state index in [-0.39, 0.29) is 17.5 Å². The van der Waals surface area contributed by atoms with Crippen molar-refractivity contribution in [2.45, 2.75) is 19.3 Å². The quantitative estimate of drug-likeness (QED) is 0.496. The Kier molecular flexibility index (Phi) is 5.61. The number of anilines is 2. The van der Waals surface area contributed by atoms with Crippen molar-refractivity contribution in [3.05, 3.63) is 70.3 Å². The third-order valence-corrected chi connectivity index (χ3v) is 4.30. The molecule has 138 valence electrons. The van der Waals surface area contributed by atoms with E-state index >= 15 is 0 Å². The number of carbonyl (C=O) groups is 2. The lowest BCUT2D eigenvalue weighted by Gasteiger charge is -2.26. The van der Waals surface area contributed by atoms with Crippen molar-refractivity contribution < 1.29 is 14.5 Å². The number of nitro groups is 1. The number of hydrogen-bond donors (Lipinski definition) is 1. The number of carbonyl (C=O) groups excluding carboxylic acids is 2. The second kappa shape index (κ2) is 8.27. The number of piperidine rings is 1. The van der Waals surface area contributed by atoms with E-state index in [1.54, 1.807) is 35.2 Å². The highest BCUT2D eigenvalue weighted by Crippen LogP contribution is 2.22. The topological polar surface area (TPSA) is 92.5 Å². The van der Waals surface area contributed by atoms with E-state index in [1.165, 1.54) is 18.2 Å². The molecule has 3 rings (SSSR count). The zero-order chi connectivity index (χ0) is 19.2. The second-order valence-electron chi connectivity index (χ2n) is 6.22. The fourth-order valence-electron chi connectivity index (χ4n) is 2.87. The molecule has 1 aliphatic rings. The van der Waals surface area contributed by atoms with Crippen molar-refractivity contribution in [3.8, 4) is 0 Å². The molecule has 7 nitrogen and oxygen atoms in total. The summed E-state index contributed by atoms with van der Waals surface area (Å²) in [4.78, 5) is 35.9. The van der Waals surface area contributed by atoms with Crippen molar-refractivity contribution in [3.63, 3.8) is 0 Å². The Bertz CT molecular complexity index is 873. The largest absolute Gasteiger partial charge is 0.323 e. The molecule has 0 spiro atoms. The summed E-state index contributed by atoms with van der Waals surface area (Å²) in [7, 11) is 0. The molecule has 0 unspecified atom stereocenters. The fourth-order valence-corrected chi connectivity index (χ4v) is 2.87. The average Bonchev–Trinajstić information content (AvgIpc) is 2.68. The van der Waals surface area contributed by atoms with E-state index in [9.17, 15) is 19.7 Å². The third kappa shape index (κ3) is 4.78. The zero-order valence-electron chi connectivity index (χ0n) is 14.6. The van der Waals surface area contributed by atoms with E-state index in [2.05, 4.69) is 5.32 Å². The first-order chi connectivity index (χ1) is 13.0. The van der Waals surface area contributed by atoms with Crippen LogP contribution in [0.15, 0.2) is 54.6 Å². The molecule has 2 aromatic carbocycles. The summed E-state index contributed by atoms with van der Waals surface area (Å²) in [5, 5.41) is 13.4. The minimum absolute atomic E-state index is 0.00359. The van der Waals surface area contributed by atoms with E-state index in [0.29, 0.717) is 17.7 Å². The second-order valence-corrected chi connectivity index (χ2v) is 6.22. The first kappa shape index (κ1) is 18.3. The molecule has 2 amide bonds. The lowest BCUT2D eigenvalue weighted by atomic mass is 10.1. The van der Waals surface area contributed by atoms with Gasteiger partial charge in [0.05, 0.1) is 4.92 Å². The van der Waals surface area contributed by atoms with Crippen LogP contribution in [0.3, 0.4) is 0 Å². The smallest absolute Gasteiger partial charge is 0.269 e. The first-order valence-electron chi connectivity index (χ1n) is 8.67. The number of non-ortho nitro benzene ring substituents is 1. The highest BCUT2D eigenvalue weighted by molar-refractivity contribution is 6.02. The van der Waals surface area contributed by atoms with Crippen molar-refractivity contribution in [1.29, 1.82) is 0 Å². The van der Waals surface area contributed by atoms with Gasteiger partial charge in [0, 0.05) is 42.5 Å². The Labute approximate surface area is 156 Å². The Hall–Kier alpha value is -3.48. The third-order valence-electron chi connectivity index (χ3n) is 4.30. The Morgan fingerprint density at radius 3 is 2.41 bits per heavy atom. The molecule has 7 heteroatoms. The summed E-state index contributed by atoms with van der Waals surface area (Å²) in [6, 6.07) is 13.1. The van der Waals surface area contributed by atoms with Crippen LogP contribution in [-0.2, 0) is 9.59 Å². The molecule has 0 aromatic heterocycles. The van der Waals surface area contributed by atoms with Crippen LogP contribution in [0.5, 0.6) is 0 Å². The van der Waals surface area contributed by atoms with Crippen LogP contribution in [0.4, 0.5) is 17.1 Å². The average molecular weight is 365 g/mol. The predicted molar refractivity (Wildman–Crippen MR) is 103 cm³/mol. The van der Waals surface area contributed by atoms with Crippen LogP contribution >= 0.6 is 0 Å². The van der Waals surface area contributed by atoms with Gasteiger partial charge in [0.2, 0.25) is 11.8 Å². The molecule has 0 atom stereocenters. The lowest BCUT2D eigenvalue weighted by Crippen LogP contribution is -2.35. The molecule has 1 N–H and O–H groups in total. The molecule has 1 aliphatic heterocycles. The Morgan fingerprint density at radius 2 is 1.78 bits per heavy atom. The molecular weight excluding hydrogens is 346 g/mol. The van der Waals surface area contributed by atoms with Crippen LogP contribution in [0, 0.1) is 10.1 Å². The summed E-state index contributed by atoms with van der Waals surface area (Å²) in [6.45, 7) is 0.725. The van der Waals surface area contributed by atoms with Gasteiger partial charge < -0.3 is 10.2 Å². The number of nitro benzene ring substituents is 1. The first-order valence-corrected chi connectivity index (χ1v) is 8.67. The number of benzene rings is 2. The maximum Gasteiger partial charge on any atom is 0.269 e. The molecule has 0 saturated carbocycles. The molecule has 0 bridgehead atoms. The summed E-state index contributed by atoms with van der Waals surface area (Å²) in [5.41, 5.74) is 2.15. The SMILES string of the molecule is O=C(/C=C/c1ccc([N+](=O)[O-])cc1)Nc1ccc(N2CCCCC2=O)cc1. The fraction of sp³-hybridized carbons (Fsp3) is 0.200. The molecule has 27 heavy (non-hydrogen) atoms. The zero-order valence-corrected chi connectivity index (χ0v) is 14.6. The van der Waals surface area contributed by atoms with Gasteiger partial charge in [0.25, 0.3) is 5.69 Å². The summed E-state index contributed by atoms with van der Waals surface area (Å²) < 4.78 is 0. The minimum atomic E-state index is -0.471. The molecule has 1 saturated heterocycles. The van der Waals surface area contributed by atoms with Crippen LogP contribution in [-0.4, -0.2) is 23.3 Å². The van der Waals surface area contributed by atoms with E-state index in [4.69, 9.17) is 0 Å². The van der Waals surface area contributed by atoms with Crippen molar-refractivity contribution in [2.75, 3.05) is 16.8 Å². The summed E-state index contributed by atoms with van der Waals surface area (Å²) in [5.74, 6) is -0.181. The molecule has 1 fully saturated rings. The van der Waals surface area contributed by atoms with Gasteiger partial charge in [-0.3, -0.25) is 19.7 Å². The standard InChI is InChI=1S/C20H19N3O4/c24-19(13-6-15-4-9-18(10-5-15)23(26)27)21-16-7-11-17(12-8-16)22-14-2-1-3-20(22)25/h4-13H,1-3,14H2,(H,21,24)/b13-6+. The number of nitrogens with zero attached hydrogens (tertiary/aromatic N) is 2. The van der Waals surface area contributed by atoms with Crippen LogP contribution in [0.2, 0.25) is 0 Å². The van der Waals surface area contributed by atoms with E-state index < -0.39 is 4.92 Å². The van der Waals surface area contributed by atoms with Crippen LogP contribution < -0.4 is 10.2 Å². The number of rotatable bonds is 5. The minimum Gasteiger partial charge on any atom is -0.323 e. The highest BCUT2D eigenvalue weighted by atomic mass is 16.6. The lowest BCUT2D eigenvalue weighted by molar-refractivity contribution is -0.384. The van der Waals surface area contributed by atoms with E-state index in [1.807, 2.05) is 12.1 Å². The van der Waals surface area contributed by atoms with Gasteiger partial charge in [-0.1, -0.05) is 0 Å². The van der Waals surface area contributed by atoms with Gasteiger partial charge in [-0.2, -0.15) is 0 Å². The molecule has 2 aromatic rings. The maximum absolute atomic E-state index is 12.0. The van der Waals surface area contributed by atoms with Gasteiger partial charge in [0.15, 0.2) is 0 Å². The normalized spacial score (nSPS) is 14.4. The Morgan fingerprint density at radius 1 is 1.07 bits per heavy atom. The van der Waals surface area contributed by atoms with Crippen LogP contribution in [0.1, 0.15) is 24.8 Å².